The van der Waals surface area contributed by atoms with Crippen LogP contribution in [0.15, 0.2) is 23.1 Å². The second kappa shape index (κ2) is 6.02. The zero-order valence-corrected chi connectivity index (χ0v) is 13.8. The second-order valence-corrected chi connectivity index (χ2v) is 6.31. The van der Waals surface area contributed by atoms with Crippen molar-refractivity contribution in [2.45, 2.75) is 45.6 Å². The highest BCUT2D eigenvalue weighted by Crippen LogP contribution is 2.20. The number of carbonyl (C=O) groups excluding carboxylic acids is 1. The lowest BCUT2D eigenvalue weighted by atomic mass is 10.1. The van der Waals surface area contributed by atoms with Crippen molar-refractivity contribution in [2.75, 3.05) is 5.32 Å². The van der Waals surface area contributed by atoms with E-state index in [0.717, 1.165) is 37.3 Å². The highest BCUT2D eigenvalue weighted by molar-refractivity contribution is 6.03. The molecule has 3 heterocycles. The summed E-state index contributed by atoms with van der Waals surface area (Å²) in [4.78, 5) is 29.3. The van der Waals surface area contributed by atoms with Crippen LogP contribution in [0.4, 0.5) is 5.82 Å². The van der Waals surface area contributed by atoms with Crippen LogP contribution in [-0.4, -0.2) is 20.0 Å². The maximum Gasteiger partial charge on any atom is 0.263 e. The number of pyridine rings is 1. The van der Waals surface area contributed by atoms with Crippen LogP contribution in [0.1, 0.15) is 54.5 Å². The number of aromatic nitrogens is 3. The van der Waals surface area contributed by atoms with Crippen molar-refractivity contribution in [3.05, 3.63) is 45.8 Å². The fourth-order valence-electron chi connectivity index (χ4n) is 3.10. The van der Waals surface area contributed by atoms with Crippen LogP contribution in [0.25, 0.3) is 0 Å². The van der Waals surface area contributed by atoms with E-state index >= 15 is 0 Å². The van der Waals surface area contributed by atoms with Gasteiger partial charge in [-0.25, -0.2) is 4.98 Å². The van der Waals surface area contributed by atoms with Gasteiger partial charge in [0.2, 0.25) is 0 Å². The normalized spacial score (nSPS) is 13.9. The monoisotopic (exact) mass is 314 g/mol. The van der Waals surface area contributed by atoms with E-state index in [2.05, 4.69) is 10.3 Å². The Labute approximate surface area is 135 Å². The molecule has 0 atom stereocenters. The van der Waals surface area contributed by atoms with E-state index < -0.39 is 0 Å². The number of anilines is 1. The molecule has 23 heavy (non-hydrogen) atoms. The summed E-state index contributed by atoms with van der Waals surface area (Å²) in [6, 6.07) is 3.45. The Bertz CT molecular complexity index is 801. The molecule has 0 unspecified atom stereocenters. The number of nitrogens with one attached hydrogen (secondary N) is 1. The van der Waals surface area contributed by atoms with E-state index in [-0.39, 0.29) is 22.9 Å². The minimum absolute atomic E-state index is 0.156. The molecule has 2 aromatic rings. The molecule has 1 N–H and O–H groups in total. The quantitative estimate of drug-likeness (QED) is 0.945. The average Bonchev–Trinajstić information content (AvgIpc) is 2.92. The first kappa shape index (κ1) is 15.5. The highest BCUT2D eigenvalue weighted by Gasteiger charge is 2.19. The summed E-state index contributed by atoms with van der Waals surface area (Å²) in [6.45, 7) is 4.90. The van der Waals surface area contributed by atoms with Crippen LogP contribution in [0.5, 0.6) is 0 Å². The van der Waals surface area contributed by atoms with Crippen molar-refractivity contribution in [3.8, 4) is 0 Å². The number of fused-ring (bicyclic) bond motifs is 1. The van der Waals surface area contributed by atoms with Crippen LogP contribution in [0, 0.1) is 0 Å². The molecule has 6 heteroatoms. The minimum Gasteiger partial charge on any atom is -0.315 e. The molecule has 122 valence electrons. The molecule has 0 radical (unpaired) electrons. The zero-order chi connectivity index (χ0) is 16.6. The summed E-state index contributed by atoms with van der Waals surface area (Å²) in [6.07, 6.45) is 4.81. The number of rotatable bonds is 3. The molecular weight excluding hydrogens is 292 g/mol. The Hall–Kier alpha value is -2.37. The first-order valence-electron chi connectivity index (χ1n) is 8.04. The molecule has 0 spiro atoms. The lowest BCUT2D eigenvalue weighted by Crippen LogP contribution is -2.30. The Kier molecular flexibility index (Phi) is 4.07. The number of hydrogen-bond acceptors (Lipinski definition) is 3. The smallest absolute Gasteiger partial charge is 0.263 e. The number of nitrogens with zero attached hydrogens (tertiary/aromatic N) is 3. The van der Waals surface area contributed by atoms with E-state index in [9.17, 15) is 9.59 Å². The maximum absolute atomic E-state index is 12.5. The number of amides is 1. The molecule has 0 aliphatic carbocycles. The predicted octanol–water partition coefficient (Wildman–Crippen LogP) is 2.29. The lowest BCUT2D eigenvalue weighted by Gasteiger charge is -2.17. The number of carbonyl (C=O) groups is 1. The molecule has 3 rings (SSSR count). The minimum atomic E-state index is -0.380. The second-order valence-electron chi connectivity index (χ2n) is 6.31. The summed E-state index contributed by atoms with van der Waals surface area (Å²) in [7, 11) is 1.70. The molecule has 1 aliphatic rings. The molecule has 6 nitrogen and oxygen atoms in total. The largest absolute Gasteiger partial charge is 0.315 e. The van der Waals surface area contributed by atoms with Crippen molar-refractivity contribution in [3.63, 3.8) is 0 Å². The molecule has 1 aliphatic heterocycles. The Morgan fingerprint density at radius 3 is 2.83 bits per heavy atom. The summed E-state index contributed by atoms with van der Waals surface area (Å²) in [5.74, 6) is 1.51. The van der Waals surface area contributed by atoms with E-state index in [1.165, 1.54) is 0 Å². The Morgan fingerprint density at radius 1 is 1.30 bits per heavy atom. The highest BCUT2D eigenvalue weighted by atomic mass is 16.2. The molecule has 1 amide bonds. The van der Waals surface area contributed by atoms with Crippen LogP contribution < -0.4 is 10.9 Å². The first-order valence-corrected chi connectivity index (χ1v) is 8.04. The Morgan fingerprint density at radius 2 is 2.09 bits per heavy atom. The average molecular weight is 314 g/mol. The van der Waals surface area contributed by atoms with Gasteiger partial charge in [-0.3, -0.25) is 9.59 Å². The van der Waals surface area contributed by atoms with E-state index in [0.29, 0.717) is 5.82 Å². The molecule has 0 saturated carbocycles. The van der Waals surface area contributed by atoms with Crippen LogP contribution in [0.2, 0.25) is 0 Å². The van der Waals surface area contributed by atoms with Crippen LogP contribution in [0.3, 0.4) is 0 Å². The lowest BCUT2D eigenvalue weighted by molar-refractivity contribution is 0.102. The Balaban J connectivity index is 1.88. The van der Waals surface area contributed by atoms with Gasteiger partial charge < -0.3 is 14.5 Å². The van der Waals surface area contributed by atoms with Crippen molar-refractivity contribution >= 4 is 11.7 Å². The number of imidazole rings is 1. The molecule has 0 saturated heterocycles. The zero-order valence-electron chi connectivity index (χ0n) is 13.8. The van der Waals surface area contributed by atoms with Crippen LogP contribution >= 0.6 is 0 Å². The molecule has 2 aromatic heterocycles. The first-order chi connectivity index (χ1) is 11.0. The van der Waals surface area contributed by atoms with Gasteiger partial charge in [-0.2, -0.15) is 0 Å². The SMILES string of the molecule is CC(C)c1ccc(C(=O)Nc2cnc3n2CCCC3)c(=O)n1C. The fourth-order valence-corrected chi connectivity index (χ4v) is 3.10. The fraction of sp³-hybridized carbons (Fsp3) is 0.471. The van der Waals surface area contributed by atoms with Gasteiger partial charge in [-0.05, 0) is 30.9 Å². The van der Waals surface area contributed by atoms with Gasteiger partial charge in [-0.1, -0.05) is 13.8 Å². The van der Waals surface area contributed by atoms with Gasteiger partial charge in [-0.15, -0.1) is 0 Å². The molecule has 0 bridgehead atoms. The van der Waals surface area contributed by atoms with Crippen LogP contribution in [-0.2, 0) is 20.0 Å². The van der Waals surface area contributed by atoms with Gasteiger partial charge in [0, 0.05) is 25.7 Å². The molecule has 0 fully saturated rings. The summed E-state index contributed by atoms with van der Waals surface area (Å²) >= 11 is 0. The summed E-state index contributed by atoms with van der Waals surface area (Å²) < 4.78 is 3.57. The van der Waals surface area contributed by atoms with Crippen molar-refractivity contribution in [2.24, 2.45) is 7.05 Å². The summed E-state index contributed by atoms with van der Waals surface area (Å²) in [5, 5.41) is 2.83. The third-order valence-electron chi connectivity index (χ3n) is 4.39. The van der Waals surface area contributed by atoms with Gasteiger partial charge in [0.25, 0.3) is 11.5 Å². The third-order valence-corrected chi connectivity index (χ3v) is 4.39. The van der Waals surface area contributed by atoms with Gasteiger partial charge in [0.15, 0.2) is 0 Å². The third kappa shape index (κ3) is 2.81. The molecule has 0 aromatic carbocycles. The van der Waals surface area contributed by atoms with Gasteiger partial charge >= 0.3 is 0 Å². The predicted molar refractivity (Wildman–Crippen MR) is 88.9 cm³/mol. The van der Waals surface area contributed by atoms with Crippen molar-refractivity contribution in [1.29, 1.82) is 0 Å². The van der Waals surface area contributed by atoms with E-state index in [1.54, 1.807) is 23.9 Å². The number of aryl methyl sites for hydroxylation is 1. The van der Waals surface area contributed by atoms with E-state index in [4.69, 9.17) is 0 Å². The summed E-state index contributed by atoms with van der Waals surface area (Å²) in [5.41, 5.74) is 0.795. The standard InChI is InChI=1S/C17H22N4O2/c1-11(2)13-8-7-12(17(23)20(13)3)16(22)19-15-10-18-14-6-4-5-9-21(14)15/h7-8,10-11H,4-6,9H2,1-3H3,(H,19,22). The van der Waals surface area contributed by atoms with Gasteiger partial charge in [0.05, 0.1) is 6.20 Å². The topological polar surface area (TPSA) is 68.9 Å². The molecular formula is C17H22N4O2. The van der Waals surface area contributed by atoms with Gasteiger partial charge in [0.1, 0.15) is 17.2 Å². The van der Waals surface area contributed by atoms with Crippen molar-refractivity contribution in [1.82, 2.24) is 14.1 Å². The number of hydrogen-bond donors (Lipinski definition) is 1. The van der Waals surface area contributed by atoms with Crippen molar-refractivity contribution < 1.29 is 4.79 Å². The maximum atomic E-state index is 12.5. The van der Waals surface area contributed by atoms with E-state index in [1.807, 2.05) is 24.5 Å².